The minimum absolute atomic E-state index is 0.0881. The summed E-state index contributed by atoms with van der Waals surface area (Å²) >= 11 is 2.17. The molecule has 17 heavy (non-hydrogen) atoms. The van der Waals surface area contributed by atoms with Crippen LogP contribution in [-0.2, 0) is 15.6 Å². The van der Waals surface area contributed by atoms with Gasteiger partial charge in [-0.2, -0.15) is 0 Å². The van der Waals surface area contributed by atoms with Crippen molar-refractivity contribution in [1.29, 1.82) is 0 Å². The van der Waals surface area contributed by atoms with Crippen LogP contribution >= 0.6 is 22.7 Å². The normalized spacial score (nSPS) is 11.5. The molecule has 2 aromatic heterocycles. The van der Waals surface area contributed by atoms with Crippen LogP contribution in [0.3, 0.4) is 0 Å². The van der Waals surface area contributed by atoms with Crippen molar-refractivity contribution >= 4 is 38.5 Å². The summed E-state index contributed by atoms with van der Waals surface area (Å²) in [5.74, 6) is -1.35. The summed E-state index contributed by atoms with van der Waals surface area (Å²) in [6.45, 7) is 0. The van der Waals surface area contributed by atoms with Crippen molar-refractivity contribution in [2.45, 2.75) is 9.96 Å². The molecule has 0 aliphatic rings. The van der Waals surface area contributed by atoms with Crippen LogP contribution in [0.2, 0.25) is 0 Å². The third kappa shape index (κ3) is 2.56. The molecule has 0 aliphatic heterocycles. The molecule has 0 saturated heterocycles. The van der Waals surface area contributed by atoms with Gasteiger partial charge in [-0.05, 0) is 28.5 Å². The van der Waals surface area contributed by atoms with Crippen molar-refractivity contribution in [3.05, 3.63) is 39.4 Å². The maximum absolute atomic E-state index is 12.0. The maximum Gasteiger partial charge on any atom is 0.346 e. The lowest BCUT2D eigenvalue weighted by Crippen LogP contribution is -2.06. The van der Waals surface area contributed by atoms with E-state index < -0.39 is 15.8 Å². The van der Waals surface area contributed by atoms with Gasteiger partial charge in [0.1, 0.15) is 9.09 Å². The highest BCUT2D eigenvalue weighted by Gasteiger charge is 2.21. The Bertz CT molecular complexity index is 622. The van der Waals surface area contributed by atoms with Gasteiger partial charge >= 0.3 is 5.97 Å². The van der Waals surface area contributed by atoms with Crippen LogP contribution in [0.1, 0.15) is 15.2 Å². The highest BCUT2D eigenvalue weighted by Crippen LogP contribution is 2.25. The molecule has 2 aromatic rings. The quantitative estimate of drug-likeness (QED) is 0.938. The number of thiophene rings is 2. The molecule has 0 aromatic carbocycles. The molecule has 90 valence electrons. The molecule has 1 N–H and O–H groups in total. The van der Waals surface area contributed by atoms with Crippen molar-refractivity contribution in [1.82, 2.24) is 0 Å². The zero-order valence-corrected chi connectivity index (χ0v) is 10.9. The Morgan fingerprint density at radius 2 is 2.00 bits per heavy atom. The van der Waals surface area contributed by atoms with Gasteiger partial charge in [-0.1, -0.05) is 6.07 Å². The van der Waals surface area contributed by atoms with E-state index in [2.05, 4.69) is 0 Å². The van der Waals surface area contributed by atoms with Crippen LogP contribution in [-0.4, -0.2) is 19.5 Å². The average Bonchev–Trinajstić information content (AvgIpc) is 2.85. The van der Waals surface area contributed by atoms with Crippen molar-refractivity contribution in [2.75, 3.05) is 0 Å². The van der Waals surface area contributed by atoms with E-state index in [1.807, 2.05) is 0 Å². The molecule has 0 saturated carbocycles. The first kappa shape index (κ1) is 12.3. The Labute approximate surface area is 106 Å². The number of rotatable bonds is 4. The summed E-state index contributed by atoms with van der Waals surface area (Å²) in [5, 5.41) is 12.2. The predicted molar refractivity (Wildman–Crippen MR) is 66.5 cm³/mol. The molecular formula is C10H8O4S3. The van der Waals surface area contributed by atoms with Gasteiger partial charge in [0.15, 0.2) is 9.84 Å². The van der Waals surface area contributed by atoms with Crippen LogP contribution in [0.25, 0.3) is 0 Å². The molecule has 0 spiro atoms. The van der Waals surface area contributed by atoms with Crippen molar-refractivity contribution in [3.8, 4) is 0 Å². The van der Waals surface area contributed by atoms with E-state index >= 15 is 0 Å². The lowest BCUT2D eigenvalue weighted by molar-refractivity contribution is 0.0701. The Morgan fingerprint density at radius 1 is 1.24 bits per heavy atom. The second-order valence-corrected chi connectivity index (χ2v) is 7.35. The Hall–Kier alpha value is -1.18. The number of aromatic carboxylic acids is 1. The summed E-state index contributed by atoms with van der Waals surface area (Å²) in [5.41, 5.74) is 0.343. The minimum atomic E-state index is -3.43. The third-order valence-corrected chi connectivity index (χ3v) is 6.19. The molecule has 2 rings (SSSR count). The van der Waals surface area contributed by atoms with E-state index in [0.717, 1.165) is 22.7 Å². The summed E-state index contributed by atoms with van der Waals surface area (Å²) in [6, 6.07) is 4.72. The van der Waals surface area contributed by atoms with E-state index in [0.29, 0.717) is 5.56 Å². The molecule has 0 aliphatic carbocycles. The zero-order valence-electron chi connectivity index (χ0n) is 8.49. The van der Waals surface area contributed by atoms with Crippen molar-refractivity contribution in [2.24, 2.45) is 0 Å². The number of carboxylic acids is 1. The van der Waals surface area contributed by atoms with Gasteiger partial charge in [0, 0.05) is 0 Å². The lowest BCUT2D eigenvalue weighted by atomic mass is 10.3. The van der Waals surface area contributed by atoms with Gasteiger partial charge in [0.2, 0.25) is 0 Å². The SMILES string of the molecule is O=C(O)c1sccc1CS(=O)(=O)c1cccs1. The van der Waals surface area contributed by atoms with Crippen LogP contribution in [0.4, 0.5) is 0 Å². The second kappa shape index (κ2) is 4.59. The van der Waals surface area contributed by atoms with Gasteiger partial charge in [-0.15, -0.1) is 22.7 Å². The minimum Gasteiger partial charge on any atom is -0.477 e. The topological polar surface area (TPSA) is 71.4 Å². The van der Waals surface area contributed by atoms with Gasteiger partial charge in [-0.3, -0.25) is 0 Å². The first-order valence-electron chi connectivity index (χ1n) is 4.56. The fraction of sp³-hybridized carbons (Fsp3) is 0.100. The average molecular weight is 288 g/mol. The molecule has 0 unspecified atom stereocenters. The van der Waals surface area contributed by atoms with Crippen LogP contribution < -0.4 is 0 Å². The van der Waals surface area contributed by atoms with E-state index in [-0.39, 0.29) is 14.8 Å². The molecule has 0 amide bonds. The number of carbonyl (C=O) groups is 1. The Kier molecular flexibility index (Phi) is 3.32. The molecule has 7 heteroatoms. The number of hydrogen-bond acceptors (Lipinski definition) is 5. The molecule has 0 bridgehead atoms. The van der Waals surface area contributed by atoms with Crippen LogP contribution in [0.5, 0.6) is 0 Å². The van der Waals surface area contributed by atoms with E-state index in [9.17, 15) is 13.2 Å². The smallest absolute Gasteiger partial charge is 0.346 e. The highest BCUT2D eigenvalue weighted by molar-refractivity contribution is 7.92. The first-order chi connectivity index (χ1) is 8.00. The molecule has 4 nitrogen and oxygen atoms in total. The van der Waals surface area contributed by atoms with Crippen molar-refractivity contribution < 1.29 is 18.3 Å². The monoisotopic (exact) mass is 288 g/mol. The molecule has 0 fully saturated rings. The van der Waals surface area contributed by atoms with Crippen LogP contribution in [0.15, 0.2) is 33.2 Å². The Balaban J connectivity index is 2.33. The van der Waals surface area contributed by atoms with E-state index in [1.165, 1.54) is 6.07 Å². The molecule has 0 radical (unpaired) electrons. The predicted octanol–water partition coefficient (Wildman–Crippen LogP) is 2.48. The second-order valence-electron chi connectivity index (χ2n) is 3.27. The van der Waals surface area contributed by atoms with Gasteiger partial charge in [0.25, 0.3) is 0 Å². The standard InChI is InChI=1S/C10H8O4S3/c11-10(12)9-7(3-5-16-9)6-17(13,14)8-2-1-4-15-8/h1-5H,6H2,(H,11,12). The summed E-state index contributed by atoms with van der Waals surface area (Å²) in [7, 11) is -3.43. The van der Waals surface area contributed by atoms with Gasteiger partial charge in [0.05, 0.1) is 5.75 Å². The summed E-state index contributed by atoms with van der Waals surface area (Å²) in [6.07, 6.45) is 0. The van der Waals surface area contributed by atoms with Gasteiger partial charge in [-0.25, -0.2) is 13.2 Å². The fourth-order valence-electron chi connectivity index (χ4n) is 1.35. The van der Waals surface area contributed by atoms with E-state index in [1.54, 1.807) is 22.9 Å². The molecule has 0 atom stereocenters. The highest BCUT2D eigenvalue weighted by atomic mass is 32.2. The molecular weight excluding hydrogens is 280 g/mol. The largest absolute Gasteiger partial charge is 0.477 e. The Morgan fingerprint density at radius 3 is 2.59 bits per heavy atom. The number of carboxylic acid groups (broad SMARTS) is 1. The van der Waals surface area contributed by atoms with E-state index in [4.69, 9.17) is 5.11 Å². The van der Waals surface area contributed by atoms with Gasteiger partial charge < -0.3 is 5.11 Å². The van der Waals surface area contributed by atoms with Crippen LogP contribution in [0, 0.1) is 0 Å². The fourth-order valence-corrected chi connectivity index (χ4v) is 4.66. The number of sulfone groups is 1. The van der Waals surface area contributed by atoms with Crippen molar-refractivity contribution in [3.63, 3.8) is 0 Å². The first-order valence-corrected chi connectivity index (χ1v) is 7.98. The molecule has 2 heterocycles. The summed E-state index contributed by atoms with van der Waals surface area (Å²) in [4.78, 5) is 11.0. The summed E-state index contributed by atoms with van der Waals surface area (Å²) < 4.78 is 24.2. The lowest BCUT2D eigenvalue weighted by Gasteiger charge is -2.01. The maximum atomic E-state index is 12.0. The third-order valence-electron chi connectivity index (χ3n) is 2.09. The number of hydrogen-bond donors (Lipinski definition) is 1. The zero-order chi connectivity index (χ0) is 12.5.